The highest BCUT2D eigenvalue weighted by molar-refractivity contribution is 6.01. The standard InChI is InChI=1S/C29H39N3O7/c1-28(2)15-19(28)23(24(33)29(3)17-39-29)31-25(34)20-16-37-13-6-7-14-38-22-11-5-4-9-18(22)27(36)32-12-8-10-21(32)26(35)30-20/h4-5,9,11,19-21,23H,6-8,10,12-17H2,1-3H3,(H,30,35)(H,31,34)/t19?,20-,21-,23-,29+/m0/s1. The van der Waals surface area contributed by atoms with Gasteiger partial charge in [-0.1, -0.05) is 26.0 Å². The van der Waals surface area contributed by atoms with Gasteiger partial charge in [0.05, 0.1) is 31.4 Å². The Kier molecular flexibility index (Phi) is 7.70. The van der Waals surface area contributed by atoms with Crippen LogP contribution in [0.4, 0.5) is 0 Å². The fourth-order valence-corrected chi connectivity index (χ4v) is 5.61. The zero-order valence-corrected chi connectivity index (χ0v) is 23.0. The van der Waals surface area contributed by atoms with Gasteiger partial charge in [0.2, 0.25) is 11.8 Å². The van der Waals surface area contributed by atoms with Crippen LogP contribution in [0.2, 0.25) is 0 Å². The van der Waals surface area contributed by atoms with Crippen LogP contribution in [0.1, 0.15) is 63.2 Å². The monoisotopic (exact) mass is 541 g/mol. The van der Waals surface area contributed by atoms with Crippen molar-refractivity contribution in [2.45, 2.75) is 76.6 Å². The van der Waals surface area contributed by atoms with E-state index in [0.29, 0.717) is 63.4 Å². The average Bonchev–Trinajstić information content (AvgIpc) is 3.73. The van der Waals surface area contributed by atoms with Gasteiger partial charge in [0.25, 0.3) is 5.91 Å². The fourth-order valence-electron chi connectivity index (χ4n) is 5.61. The zero-order valence-electron chi connectivity index (χ0n) is 23.0. The third kappa shape index (κ3) is 5.96. The Morgan fingerprint density at radius 2 is 1.82 bits per heavy atom. The third-order valence-electron chi connectivity index (χ3n) is 8.46. The van der Waals surface area contributed by atoms with E-state index in [4.69, 9.17) is 14.2 Å². The molecule has 5 atom stereocenters. The highest BCUT2D eigenvalue weighted by atomic mass is 16.6. The van der Waals surface area contributed by atoms with E-state index >= 15 is 0 Å². The van der Waals surface area contributed by atoms with Gasteiger partial charge in [0, 0.05) is 13.2 Å². The summed E-state index contributed by atoms with van der Waals surface area (Å²) in [6.07, 6.45) is 3.36. The first-order valence-electron chi connectivity index (χ1n) is 14.0. The summed E-state index contributed by atoms with van der Waals surface area (Å²) in [5.74, 6) is -0.797. The minimum atomic E-state index is -1.01. The van der Waals surface area contributed by atoms with Crippen molar-refractivity contribution in [1.29, 1.82) is 0 Å². The minimum Gasteiger partial charge on any atom is -0.493 e. The minimum absolute atomic E-state index is 0.00290. The second kappa shape index (κ2) is 10.9. The SMILES string of the molecule is CC1(C)CC1[C@H](NC(=O)[C@@H]1COCCCCOc2ccccc2C(=O)N2CCC[C@H]2C(=O)N1)C(=O)[C@@]1(C)CO1. The Morgan fingerprint density at radius 3 is 2.54 bits per heavy atom. The van der Waals surface area contributed by atoms with Crippen LogP contribution >= 0.6 is 0 Å². The normalized spacial score (nSPS) is 31.4. The Hall–Kier alpha value is -2.98. The number of hydrogen-bond acceptors (Lipinski definition) is 7. The van der Waals surface area contributed by atoms with Crippen molar-refractivity contribution in [3.05, 3.63) is 29.8 Å². The molecular weight excluding hydrogens is 502 g/mol. The number of carbonyl (C=O) groups excluding carboxylic acids is 4. The molecular formula is C29H39N3O7. The van der Waals surface area contributed by atoms with E-state index in [1.807, 2.05) is 6.07 Å². The number of rotatable bonds is 5. The summed E-state index contributed by atoms with van der Waals surface area (Å²) in [7, 11) is 0. The number of amides is 3. The molecule has 10 nitrogen and oxygen atoms in total. The van der Waals surface area contributed by atoms with Gasteiger partial charge in [-0.2, -0.15) is 0 Å². The van der Waals surface area contributed by atoms with E-state index in [9.17, 15) is 19.2 Å². The first-order chi connectivity index (χ1) is 18.6. The van der Waals surface area contributed by atoms with Gasteiger partial charge in [0.1, 0.15) is 23.4 Å². The van der Waals surface area contributed by atoms with Gasteiger partial charge in [-0.25, -0.2) is 0 Å². The van der Waals surface area contributed by atoms with Gasteiger partial charge < -0.3 is 29.7 Å². The number of ketones is 1. The molecule has 3 amide bonds. The maximum atomic E-state index is 13.6. The number of para-hydroxylation sites is 1. The number of epoxide rings is 1. The molecule has 4 aliphatic rings. The van der Waals surface area contributed by atoms with Crippen molar-refractivity contribution in [2.75, 3.05) is 33.0 Å². The van der Waals surface area contributed by atoms with Gasteiger partial charge in [-0.15, -0.1) is 0 Å². The maximum Gasteiger partial charge on any atom is 0.258 e. The van der Waals surface area contributed by atoms with E-state index in [2.05, 4.69) is 24.5 Å². The summed E-state index contributed by atoms with van der Waals surface area (Å²) in [6, 6.07) is 4.64. The lowest BCUT2D eigenvalue weighted by atomic mass is 9.93. The number of Topliss-reactive ketones (excluding diaryl/α,β-unsaturated/α-hetero) is 1. The molecule has 3 fully saturated rings. The van der Waals surface area contributed by atoms with Crippen molar-refractivity contribution in [2.24, 2.45) is 11.3 Å². The van der Waals surface area contributed by atoms with Gasteiger partial charge in [0.15, 0.2) is 5.78 Å². The van der Waals surface area contributed by atoms with Crippen LogP contribution in [0.3, 0.4) is 0 Å². The van der Waals surface area contributed by atoms with Crippen molar-refractivity contribution in [1.82, 2.24) is 15.5 Å². The summed E-state index contributed by atoms with van der Waals surface area (Å²) in [5.41, 5.74) is -0.521. The van der Waals surface area contributed by atoms with Crippen molar-refractivity contribution >= 4 is 23.5 Å². The highest BCUT2D eigenvalue weighted by Gasteiger charge is 2.59. The summed E-state index contributed by atoms with van der Waals surface area (Å²) in [6.45, 7) is 7.42. The number of carbonyl (C=O) groups is 4. The quantitative estimate of drug-likeness (QED) is 0.545. The predicted molar refractivity (Wildman–Crippen MR) is 141 cm³/mol. The van der Waals surface area contributed by atoms with Crippen molar-refractivity contribution < 1.29 is 33.4 Å². The molecule has 1 aromatic carbocycles. The summed E-state index contributed by atoms with van der Waals surface area (Å²) in [4.78, 5) is 55.4. The van der Waals surface area contributed by atoms with E-state index in [1.165, 1.54) is 0 Å². The van der Waals surface area contributed by atoms with Crippen LogP contribution < -0.4 is 15.4 Å². The number of ether oxygens (including phenoxy) is 3. The lowest BCUT2D eigenvalue weighted by molar-refractivity contribution is -0.135. The molecule has 1 aromatic rings. The van der Waals surface area contributed by atoms with E-state index in [0.717, 1.165) is 6.42 Å². The number of nitrogens with zero attached hydrogens (tertiary/aromatic N) is 1. The van der Waals surface area contributed by atoms with Crippen LogP contribution in [-0.4, -0.2) is 85.1 Å². The summed E-state index contributed by atoms with van der Waals surface area (Å²) >= 11 is 0. The first-order valence-corrected chi connectivity index (χ1v) is 14.0. The molecule has 5 rings (SSSR count). The van der Waals surface area contributed by atoms with Crippen LogP contribution in [0.25, 0.3) is 0 Å². The lowest BCUT2D eigenvalue weighted by Gasteiger charge is -2.28. The topological polar surface area (TPSA) is 127 Å². The van der Waals surface area contributed by atoms with E-state index < -0.39 is 35.5 Å². The predicted octanol–water partition coefficient (Wildman–Crippen LogP) is 1.85. The average molecular weight is 542 g/mol. The van der Waals surface area contributed by atoms with Crippen LogP contribution in [0.15, 0.2) is 24.3 Å². The summed E-state index contributed by atoms with van der Waals surface area (Å²) in [5, 5.41) is 5.77. The summed E-state index contributed by atoms with van der Waals surface area (Å²) < 4.78 is 17.1. The number of benzene rings is 1. The molecule has 0 aromatic heterocycles. The molecule has 0 spiro atoms. The smallest absolute Gasteiger partial charge is 0.258 e. The Labute approximate surface area is 229 Å². The molecule has 3 aliphatic heterocycles. The van der Waals surface area contributed by atoms with Gasteiger partial charge >= 0.3 is 0 Å². The molecule has 2 saturated heterocycles. The van der Waals surface area contributed by atoms with E-state index in [-0.39, 0.29) is 29.6 Å². The largest absolute Gasteiger partial charge is 0.493 e. The van der Waals surface area contributed by atoms with Crippen LogP contribution in [-0.2, 0) is 23.9 Å². The molecule has 1 unspecified atom stereocenters. The molecule has 10 heteroatoms. The molecule has 39 heavy (non-hydrogen) atoms. The molecule has 1 saturated carbocycles. The Bertz CT molecular complexity index is 1130. The molecule has 0 bridgehead atoms. The second-order valence-corrected chi connectivity index (χ2v) is 12.0. The Balaban J connectivity index is 1.34. The Morgan fingerprint density at radius 1 is 1.10 bits per heavy atom. The van der Waals surface area contributed by atoms with Gasteiger partial charge in [-0.3, -0.25) is 19.2 Å². The van der Waals surface area contributed by atoms with Gasteiger partial charge in [-0.05, 0) is 62.5 Å². The zero-order chi connectivity index (χ0) is 27.8. The molecule has 2 N–H and O–H groups in total. The van der Waals surface area contributed by atoms with Crippen LogP contribution in [0.5, 0.6) is 5.75 Å². The van der Waals surface area contributed by atoms with Crippen LogP contribution in [0, 0.1) is 11.3 Å². The third-order valence-corrected chi connectivity index (χ3v) is 8.46. The van der Waals surface area contributed by atoms with Crippen molar-refractivity contribution in [3.63, 3.8) is 0 Å². The molecule has 0 radical (unpaired) electrons. The lowest BCUT2D eigenvalue weighted by Crippen LogP contribution is -2.58. The fraction of sp³-hybridized carbons (Fsp3) is 0.655. The molecule has 1 aliphatic carbocycles. The van der Waals surface area contributed by atoms with E-state index in [1.54, 1.807) is 30.0 Å². The number of hydrogen-bond donors (Lipinski definition) is 2. The highest BCUT2D eigenvalue weighted by Crippen LogP contribution is 2.54. The molecule has 3 heterocycles. The molecule has 212 valence electrons. The number of fused-ring (bicyclic) bond motifs is 2. The number of nitrogens with one attached hydrogen (secondary N) is 2. The maximum absolute atomic E-state index is 13.6. The van der Waals surface area contributed by atoms with Crippen molar-refractivity contribution in [3.8, 4) is 5.75 Å². The second-order valence-electron chi connectivity index (χ2n) is 12.0. The first kappa shape index (κ1) is 27.6.